The van der Waals surface area contributed by atoms with Crippen LogP contribution in [0.25, 0.3) is 0 Å². The first-order valence-electron chi connectivity index (χ1n) is 6.19. The molecule has 0 aliphatic carbocycles. The van der Waals surface area contributed by atoms with Crippen LogP contribution in [-0.2, 0) is 4.57 Å². The minimum Gasteiger partial charge on any atom is -0.303 e. The van der Waals surface area contributed by atoms with Crippen molar-refractivity contribution in [1.82, 2.24) is 4.90 Å². The summed E-state index contributed by atoms with van der Waals surface area (Å²) in [5, 5.41) is 0. The van der Waals surface area contributed by atoms with Crippen molar-refractivity contribution in [3.8, 4) is 0 Å². The van der Waals surface area contributed by atoms with E-state index in [0.717, 1.165) is 4.90 Å². The van der Waals surface area contributed by atoms with Gasteiger partial charge >= 0.3 is 20.2 Å². The number of hydrogen-bond acceptors (Lipinski definition) is 2. The number of likely N-dealkylation sites (tertiary alicyclic amines) is 1. The maximum atomic E-state index is 12.4. The van der Waals surface area contributed by atoms with Crippen molar-refractivity contribution in [3.63, 3.8) is 0 Å². The highest BCUT2D eigenvalue weighted by Crippen LogP contribution is 2.39. The molecule has 1 heterocycles. The number of rotatable bonds is 2. The molecule has 0 spiro atoms. The summed E-state index contributed by atoms with van der Waals surface area (Å²) in [6.07, 6.45) is -8.86. The molecule has 1 rings (SSSR count). The lowest BCUT2D eigenvalue weighted by Gasteiger charge is -2.45. The third-order valence-corrected chi connectivity index (χ3v) is 3.11. The largest absolute Gasteiger partial charge is 0.466 e. The van der Waals surface area contributed by atoms with Gasteiger partial charge in [0.25, 0.3) is 0 Å². The summed E-state index contributed by atoms with van der Waals surface area (Å²) in [5.41, 5.74) is -1.42. The van der Waals surface area contributed by atoms with Gasteiger partial charge in [-0.2, -0.15) is 26.3 Å². The van der Waals surface area contributed by atoms with Gasteiger partial charge in [-0.3, -0.25) is 4.90 Å². The molecule has 12 heteroatoms. The number of halogens is 6. The summed E-state index contributed by atoms with van der Waals surface area (Å²) in [4.78, 5) is 22.5. The van der Waals surface area contributed by atoms with Gasteiger partial charge in [0.05, 0.1) is 13.0 Å². The molecule has 1 fully saturated rings. The van der Waals surface area contributed by atoms with Crippen molar-refractivity contribution in [2.45, 2.75) is 50.5 Å². The fourth-order valence-electron chi connectivity index (χ4n) is 2.35. The molecule has 0 bridgehead atoms. The smallest absolute Gasteiger partial charge is 0.303 e. The first kappa shape index (κ1) is 21.6. The van der Waals surface area contributed by atoms with Gasteiger partial charge in [0.2, 0.25) is 0 Å². The zero-order chi connectivity index (χ0) is 17.8. The summed E-state index contributed by atoms with van der Waals surface area (Å²) in [6.45, 7) is 0.0804. The van der Waals surface area contributed by atoms with E-state index in [2.05, 4.69) is 0 Å². The number of nitrogens with zero attached hydrogens (tertiary/aromatic N) is 1. The Morgan fingerprint density at radius 2 is 1.50 bits per heavy atom. The average molecular weight is 361 g/mol. The minimum atomic E-state index is -4.64. The molecule has 3 N–H and O–H groups in total. The van der Waals surface area contributed by atoms with Crippen LogP contribution < -0.4 is 0 Å². The molecule has 0 amide bonds. The molecule has 1 aliphatic heterocycles. The van der Waals surface area contributed by atoms with Crippen LogP contribution in [0.3, 0.4) is 0 Å². The standard InChI is InChI=1S/C10H15F6N.H3O4P/c1-8(6-9(11,12)13)4-2-3-5-17(8)7-10(14,15)16;1-5(2,3)4/h2-7H2,1H3;(H3,1,2,3,4). The van der Waals surface area contributed by atoms with Crippen molar-refractivity contribution in [2.24, 2.45) is 0 Å². The van der Waals surface area contributed by atoms with E-state index in [1.165, 1.54) is 6.92 Å². The Labute approximate surface area is 123 Å². The Morgan fingerprint density at radius 3 is 1.86 bits per heavy atom. The summed E-state index contributed by atoms with van der Waals surface area (Å²) < 4.78 is 82.9. The van der Waals surface area contributed by atoms with Gasteiger partial charge in [-0.25, -0.2) is 4.57 Å². The fourth-order valence-corrected chi connectivity index (χ4v) is 2.35. The van der Waals surface area contributed by atoms with Crippen LogP contribution in [0.2, 0.25) is 0 Å². The van der Waals surface area contributed by atoms with Gasteiger partial charge < -0.3 is 14.7 Å². The second-order valence-corrected chi connectivity index (χ2v) is 6.32. The number of phosphoric acid groups is 1. The molecule has 1 aliphatic rings. The van der Waals surface area contributed by atoms with E-state index in [-0.39, 0.29) is 13.0 Å². The van der Waals surface area contributed by atoms with Gasteiger partial charge in [0.15, 0.2) is 0 Å². The quantitative estimate of drug-likeness (QED) is 0.521. The summed E-state index contributed by atoms with van der Waals surface area (Å²) in [7, 11) is -4.64. The summed E-state index contributed by atoms with van der Waals surface area (Å²) in [5.74, 6) is 0. The molecule has 1 unspecified atom stereocenters. The number of piperidine rings is 1. The van der Waals surface area contributed by atoms with Crippen LogP contribution >= 0.6 is 7.82 Å². The van der Waals surface area contributed by atoms with Gasteiger partial charge in [-0.15, -0.1) is 0 Å². The van der Waals surface area contributed by atoms with Crippen LogP contribution in [0.15, 0.2) is 0 Å². The molecule has 0 saturated carbocycles. The molecule has 0 aromatic carbocycles. The fraction of sp³-hybridized carbons (Fsp3) is 1.00. The zero-order valence-corrected chi connectivity index (χ0v) is 12.5. The van der Waals surface area contributed by atoms with Gasteiger partial charge in [0, 0.05) is 5.54 Å². The number of hydrogen-bond donors (Lipinski definition) is 3. The second-order valence-electron chi connectivity index (χ2n) is 5.30. The Morgan fingerprint density at radius 1 is 1.05 bits per heavy atom. The Balaban J connectivity index is 0.000000763. The van der Waals surface area contributed by atoms with Crippen molar-refractivity contribution in [2.75, 3.05) is 13.1 Å². The maximum Gasteiger partial charge on any atom is 0.466 e. The summed E-state index contributed by atoms with van der Waals surface area (Å²) >= 11 is 0. The zero-order valence-electron chi connectivity index (χ0n) is 11.7. The predicted molar refractivity (Wildman–Crippen MR) is 64.8 cm³/mol. The highest BCUT2D eigenvalue weighted by Gasteiger charge is 2.47. The van der Waals surface area contributed by atoms with Crippen LogP contribution in [0.5, 0.6) is 0 Å². The minimum absolute atomic E-state index is 0.0755. The Kier molecular flexibility index (Phi) is 7.36. The van der Waals surface area contributed by atoms with Crippen molar-refractivity contribution in [3.05, 3.63) is 0 Å². The predicted octanol–water partition coefficient (Wildman–Crippen LogP) is 2.82. The lowest BCUT2D eigenvalue weighted by molar-refractivity contribution is -0.193. The third-order valence-electron chi connectivity index (χ3n) is 3.11. The van der Waals surface area contributed by atoms with E-state index in [9.17, 15) is 26.3 Å². The molecule has 0 radical (unpaired) electrons. The van der Waals surface area contributed by atoms with Crippen LogP contribution in [0.4, 0.5) is 26.3 Å². The van der Waals surface area contributed by atoms with E-state index < -0.39 is 38.7 Å². The lowest BCUT2D eigenvalue weighted by atomic mass is 9.85. The first-order chi connectivity index (χ1) is 9.52. The molecular weight excluding hydrogens is 343 g/mol. The van der Waals surface area contributed by atoms with Crippen LogP contribution in [-0.4, -0.2) is 50.6 Å². The highest BCUT2D eigenvalue weighted by atomic mass is 31.2. The van der Waals surface area contributed by atoms with E-state index in [4.69, 9.17) is 19.2 Å². The molecule has 0 aromatic heterocycles. The van der Waals surface area contributed by atoms with E-state index in [0.29, 0.717) is 12.8 Å². The molecule has 134 valence electrons. The average Bonchev–Trinajstić information content (AvgIpc) is 2.14. The Bertz CT molecular complexity index is 388. The SMILES string of the molecule is CC1(CC(F)(F)F)CCCCN1CC(F)(F)F.O=P(O)(O)O. The van der Waals surface area contributed by atoms with E-state index in [1.807, 2.05) is 0 Å². The van der Waals surface area contributed by atoms with Crippen LogP contribution in [0.1, 0.15) is 32.6 Å². The number of alkyl halides is 6. The van der Waals surface area contributed by atoms with Gasteiger partial charge in [0.1, 0.15) is 0 Å². The Hall–Kier alpha value is -0.350. The monoisotopic (exact) mass is 361 g/mol. The highest BCUT2D eigenvalue weighted by molar-refractivity contribution is 7.45. The van der Waals surface area contributed by atoms with Crippen molar-refractivity contribution >= 4 is 7.82 Å². The summed E-state index contributed by atoms with van der Waals surface area (Å²) in [6, 6.07) is 0. The van der Waals surface area contributed by atoms with Crippen LogP contribution in [0, 0.1) is 0 Å². The molecule has 1 saturated heterocycles. The lowest BCUT2D eigenvalue weighted by Crippen LogP contribution is -2.54. The molecular formula is C10H18F6NO4P. The topological polar surface area (TPSA) is 81.0 Å². The molecule has 5 nitrogen and oxygen atoms in total. The normalized spacial score (nSPS) is 24.6. The maximum absolute atomic E-state index is 12.4. The molecule has 1 atom stereocenters. The first-order valence-corrected chi connectivity index (χ1v) is 7.75. The van der Waals surface area contributed by atoms with Crippen molar-refractivity contribution in [1.29, 1.82) is 0 Å². The van der Waals surface area contributed by atoms with Gasteiger partial charge in [-0.1, -0.05) is 6.42 Å². The second kappa shape index (κ2) is 7.48. The van der Waals surface area contributed by atoms with E-state index in [1.54, 1.807) is 0 Å². The van der Waals surface area contributed by atoms with E-state index >= 15 is 0 Å². The molecule has 22 heavy (non-hydrogen) atoms. The van der Waals surface area contributed by atoms with Gasteiger partial charge in [-0.05, 0) is 26.3 Å². The third kappa shape index (κ3) is 11.2. The van der Waals surface area contributed by atoms with Crippen molar-refractivity contribution < 1.29 is 45.6 Å². The molecule has 0 aromatic rings.